The zero-order valence-electron chi connectivity index (χ0n) is 10.00. The first-order valence-electron chi connectivity index (χ1n) is 6.39. The normalized spacial score (nSPS) is 19.4. The lowest BCUT2D eigenvalue weighted by molar-refractivity contribution is 0.315. The van der Waals surface area contributed by atoms with Crippen LogP contribution in [0.15, 0.2) is 18.2 Å². The standard InChI is InChI=1S/C14H20N2/c1-16(12-7-8-12)10-11-4-2-6-14-13(11)5-3-9-15-14/h2,4,6,12,15H,3,5,7-10H2,1H3. The Morgan fingerprint density at radius 1 is 1.38 bits per heavy atom. The minimum absolute atomic E-state index is 0.854. The molecular weight excluding hydrogens is 196 g/mol. The summed E-state index contributed by atoms with van der Waals surface area (Å²) in [5.41, 5.74) is 4.45. The highest BCUT2D eigenvalue weighted by Gasteiger charge is 2.26. The molecule has 1 saturated carbocycles. The van der Waals surface area contributed by atoms with Gasteiger partial charge >= 0.3 is 0 Å². The summed E-state index contributed by atoms with van der Waals surface area (Å²) in [5.74, 6) is 0. The van der Waals surface area contributed by atoms with Crippen LogP contribution in [0.1, 0.15) is 30.4 Å². The minimum Gasteiger partial charge on any atom is -0.385 e. The molecule has 0 unspecified atom stereocenters. The Balaban J connectivity index is 1.82. The Labute approximate surface area is 97.6 Å². The molecule has 1 aromatic carbocycles. The van der Waals surface area contributed by atoms with Gasteiger partial charge in [0.25, 0.3) is 0 Å². The van der Waals surface area contributed by atoms with Gasteiger partial charge in [0, 0.05) is 24.8 Å². The highest BCUT2D eigenvalue weighted by atomic mass is 15.1. The Bertz CT molecular complexity index is 382. The van der Waals surface area contributed by atoms with Crippen molar-refractivity contribution in [3.63, 3.8) is 0 Å². The minimum atomic E-state index is 0.854. The molecule has 0 aromatic heterocycles. The maximum atomic E-state index is 3.50. The maximum absolute atomic E-state index is 3.50. The first-order chi connectivity index (χ1) is 7.84. The van der Waals surface area contributed by atoms with Gasteiger partial charge in [-0.05, 0) is 49.9 Å². The molecule has 0 atom stereocenters. The van der Waals surface area contributed by atoms with Crippen LogP contribution in [0.2, 0.25) is 0 Å². The lowest BCUT2D eigenvalue weighted by Gasteiger charge is -2.23. The average molecular weight is 216 g/mol. The van der Waals surface area contributed by atoms with Crippen LogP contribution in [-0.4, -0.2) is 24.5 Å². The maximum Gasteiger partial charge on any atom is 0.0375 e. The van der Waals surface area contributed by atoms with Crippen molar-refractivity contribution in [2.24, 2.45) is 0 Å². The lowest BCUT2D eigenvalue weighted by Crippen LogP contribution is -2.22. The Kier molecular flexibility index (Phi) is 2.60. The number of anilines is 1. The van der Waals surface area contributed by atoms with E-state index in [1.807, 2.05) is 0 Å². The molecule has 0 bridgehead atoms. The first-order valence-corrected chi connectivity index (χ1v) is 6.39. The van der Waals surface area contributed by atoms with Crippen molar-refractivity contribution in [1.29, 1.82) is 0 Å². The summed E-state index contributed by atoms with van der Waals surface area (Å²) in [7, 11) is 2.26. The monoisotopic (exact) mass is 216 g/mol. The molecule has 0 spiro atoms. The van der Waals surface area contributed by atoms with E-state index >= 15 is 0 Å². The lowest BCUT2D eigenvalue weighted by atomic mass is 9.97. The molecule has 2 nitrogen and oxygen atoms in total. The topological polar surface area (TPSA) is 15.3 Å². The number of nitrogens with zero attached hydrogens (tertiary/aromatic N) is 1. The fourth-order valence-electron chi connectivity index (χ4n) is 2.64. The molecule has 1 aliphatic carbocycles. The van der Waals surface area contributed by atoms with Gasteiger partial charge in [-0.3, -0.25) is 4.90 Å². The smallest absolute Gasteiger partial charge is 0.0375 e. The second-order valence-corrected chi connectivity index (χ2v) is 5.12. The first kappa shape index (κ1) is 10.2. The van der Waals surface area contributed by atoms with E-state index in [1.165, 1.54) is 36.9 Å². The van der Waals surface area contributed by atoms with Crippen LogP contribution in [0.4, 0.5) is 5.69 Å². The van der Waals surface area contributed by atoms with Crippen LogP contribution >= 0.6 is 0 Å². The van der Waals surface area contributed by atoms with Crippen molar-refractivity contribution in [3.8, 4) is 0 Å². The van der Waals surface area contributed by atoms with E-state index in [-0.39, 0.29) is 0 Å². The molecule has 2 aliphatic rings. The summed E-state index contributed by atoms with van der Waals surface area (Å²) in [4.78, 5) is 2.50. The fraction of sp³-hybridized carbons (Fsp3) is 0.571. The van der Waals surface area contributed by atoms with E-state index < -0.39 is 0 Å². The Morgan fingerprint density at radius 2 is 2.25 bits per heavy atom. The molecule has 1 aromatic rings. The van der Waals surface area contributed by atoms with Crippen LogP contribution in [-0.2, 0) is 13.0 Å². The predicted octanol–water partition coefficient (Wildman–Crippen LogP) is 2.64. The number of hydrogen-bond donors (Lipinski definition) is 1. The van der Waals surface area contributed by atoms with Crippen LogP contribution < -0.4 is 5.32 Å². The number of rotatable bonds is 3. The van der Waals surface area contributed by atoms with Crippen LogP contribution in [0, 0.1) is 0 Å². The van der Waals surface area contributed by atoms with Gasteiger partial charge in [0.15, 0.2) is 0 Å². The highest BCUT2D eigenvalue weighted by Crippen LogP contribution is 2.30. The van der Waals surface area contributed by atoms with Gasteiger partial charge < -0.3 is 5.32 Å². The third-order valence-corrected chi connectivity index (χ3v) is 3.78. The summed E-state index contributed by atoms with van der Waals surface area (Å²) in [6.45, 7) is 2.25. The van der Waals surface area contributed by atoms with Gasteiger partial charge in [0.2, 0.25) is 0 Å². The second kappa shape index (κ2) is 4.10. The summed E-state index contributed by atoms with van der Waals surface area (Å²) >= 11 is 0. The van der Waals surface area contributed by atoms with Gasteiger partial charge in [-0.1, -0.05) is 12.1 Å². The molecule has 2 heteroatoms. The van der Waals surface area contributed by atoms with E-state index in [2.05, 4.69) is 35.5 Å². The summed E-state index contributed by atoms with van der Waals surface area (Å²) < 4.78 is 0. The molecule has 3 rings (SSSR count). The average Bonchev–Trinajstić information content (AvgIpc) is 3.13. The van der Waals surface area contributed by atoms with Crippen LogP contribution in [0.3, 0.4) is 0 Å². The van der Waals surface area contributed by atoms with Crippen molar-refractivity contribution in [3.05, 3.63) is 29.3 Å². The predicted molar refractivity (Wildman–Crippen MR) is 67.7 cm³/mol. The molecule has 1 fully saturated rings. The summed E-state index contributed by atoms with van der Waals surface area (Å²) in [5, 5.41) is 3.50. The molecule has 0 amide bonds. The van der Waals surface area contributed by atoms with Gasteiger partial charge in [-0.15, -0.1) is 0 Å². The van der Waals surface area contributed by atoms with E-state index in [0.717, 1.165) is 19.1 Å². The Hall–Kier alpha value is -1.02. The summed E-state index contributed by atoms with van der Waals surface area (Å²) in [6, 6.07) is 7.56. The second-order valence-electron chi connectivity index (χ2n) is 5.12. The van der Waals surface area contributed by atoms with Crippen LogP contribution in [0.5, 0.6) is 0 Å². The fourth-order valence-corrected chi connectivity index (χ4v) is 2.64. The summed E-state index contributed by atoms with van der Waals surface area (Å²) in [6.07, 6.45) is 5.31. The van der Waals surface area contributed by atoms with E-state index in [9.17, 15) is 0 Å². The quantitative estimate of drug-likeness (QED) is 0.835. The van der Waals surface area contributed by atoms with E-state index in [4.69, 9.17) is 0 Å². The SMILES string of the molecule is CN(Cc1cccc2c1CCCN2)C1CC1. The molecule has 0 radical (unpaired) electrons. The number of hydrogen-bond acceptors (Lipinski definition) is 2. The molecule has 16 heavy (non-hydrogen) atoms. The molecule has 1 aliphatic heterocycles. The molecule has 0 saturated heterocycles. The molecule has 1 heterocycles. The zero-order chi connectivity index (χ0) is 11.0. The third kappa shape index (κ3) is 1.94. The molecule has 1 N–H and O–H groups in total. The Morgan fingerprint density at radius 3 is 3.06 bits per heavy atom. The molecular formula is C14H20N2. The van der Waals surface area contributed by atoms with Crippen molar-refractivity contribution >= 4 is 5.69 Å². The highest BCUT2D eigenvalue weighted by molar-refractivity contribution is 5.56. The van der Waals surface area contributed by atoms with E-state index in [0.29, 0.717) is 0 Å². The zero-order valence-corrected chi connectivity index (χ0v) is 10.00. The van der Waals surface area contributed by atoms with Crippen molar-refractivity contribution in [2.75, 3.05) is 18.9 Å². The van der Waals surface area contributed by atoms with Crippen molar-refractivity contribution in [1.82, 2.24) is 4.90 Å². The third-order valence-electron chi connectivity index (χ3n) is 3.78. The van der Waals surface area contributed by atoms with Gasteiger partial charge in [0.05, 0.1) is 0 Å². The largest absolute Gasteiger partial charge is 0.385 e. The van der Waals surface area contributed by atoms with Gasteiger partial charge in [0.1, 0.15) is 0 Å². The van der Waals surface area contributed by atoms with Crippen molar-refractivity contribution < 1.29 is 0 Å². The van der Waals surface area contributed by atoms with Gasteiger partial charge in [-0.2, -0.15) is 0 Å². The van der Waals surface area contributed by atoms with Crippen LogP contribution in [0.25, 0.3) is 0 Å². The number of fused-ring (bicyclic) bond motifs is 1. The molecule has 86 valence electrons. The van der Waals surface area contributed by atoms with E-state index in [1.54, 1.807) is 5.56 Å². The number of benzene rings is 1. The number of nitrogens with one attached hydrogen (secondary N) is 1. The van der Waals surface area contributed by atoms with Crippen molar-refractivity contribution in [2.45, 2.75) is 38.3 Å². The van der Waals surface area contributed by atoms with Gasteiger partial charge in [-0.25, -0.2) is 0 Å².